The summed E-state index contributed by atoms with van der Waals surface area (Å²) in [7, 11) is 0. The number of hydrogen-bond acceptors (Lipinski definition) is 3. The summed E-state index contributed by atoms with van der Waals surface area (Å²) in [5, 5.41) is 4.91. The minimum Gasteiger partial charge on any atom is -0.313 e. The third kappa shape index (κ3) is 4.74. The summed E-state index contributed by atoms with van der Waals surface area (Å²) in [4.78, 5) is 17.5. The van der Waals surface area contributed by atoms with Gasteiger partial charge in [0.1, 0.15) is 5.82 Å². The topological polar surface area (TPSA) is 38.7 Å². The first-order chi connectivity index (χ1) is 14.0. The Kier molecular flexibility index (Phi) is 5.79. The maximum atomic E-state index is 13.1. The van der Waals surface area contributed by atoms with Crippen LogP contribution in [-0.4, -0.2) is 11.7 Å². The second-order valence-electron chi connectivity index (χ2n) is 6.87. The predicted octanol–water partition coefficient (Wildman–Crippen LogP) is 6.61. The highest BCUT2D eigenvalue weighted by Gasteiger charge is 2.43. The zero-order valence-electron chi connectivity index (χ0n) is 15.2. The van der Waals surface area contributed by atoms with E-state index in [0.717, 1.165) is 16.5 Å². The minimum absolute atomic E-state index is 0.137. The molecule has 0 aliphatic heterocycles. The van der Waals surface area contributed by atoms with Crippen molar-refractivity contribution in [2.75, 3.05) is 0 Å². The van der Waals surface area contributed by atoms with Crippen molar-refractivity contribution in [3.63, 3.8) is 0 Å². The minimum atomic E-state index is -0.622. The Hall–Kier alpha value is -2.50. The first kappa shape index (κ1) is 19.8. The van der Waals surface area contributed by atoms with Crippen LogP contribution < -0.4 is 0 Å². The van der Waals surface area contributed by atoms with Gasteiger partial charge in [-0.2, -0.15) is 0 Å². The summed E-state index contributed by atoms with van der Waals surface area (Å²) in [6, 6.07) is 20.7. The van der Waals surface area contributed by atoms with E-state index >= 15 is 0 Å². The lowest BCUT2D eigenvalue weighted by molar-refractivity contribution is 0.0515. The number of oxime groups is 1. The summed E-state index contributed by atoms with van der Waals surface area (Å²) in [6.07, 6.45) is 0.907. The molecular formula is C23H16BrClFNO2. The fourth-order valence-corrected chi connectivity index (χ4v) is 3.65. The third-order valence-electron chi connectivity index (χ3n) is 4.89. The molecule has 2 atom stereocenters. The van der Waals surface area contributed by atoms with E-state index in [4.69, 9.17) is 16.4 Å². The van der Waals surface area contributed by atoms with E-state index in [-0.39, 0.29) is 11.5 Å². The SMILES string of the molecule is O=C(O/N=C(/c1ccc(Br)cc1)C1CC1c1ccc(Cl)cc1)c1ccc(F)cc1. The molecule has 3 aromatic carbocycles. The molecule has 1 aliphatic rings. The Balaban J connectivity index is 1.58. The fraction of sp³-hybridized carbons (Fsp3) is 0.130. The molecule has 4 rings (SSSR count). The van der Waals surface area contributed by atoms with Crippen LogP contribution in [-0.2, 0) is 4.84 Å². The Labute approximate surface area is 181 Å². The normalized spacial score (nSPS) is 18.4. The van der Waals surface area contributed by atoms with Gasteiger partial charge in [0, 0.05) is 15.4 Å². The molecule has 1 saturated carbocycles. The molecule has 6 heteroatoms. The van der Waals surface area contributed by atoms with Crippen LogP contribution in [0.15, 0.2) is 82.4 Å². The van der Waals surface area contributed by atoms with Gasteiger partial charge in [0.05, 0.1) is 11.3 Å². The highest BCUT2D eigenvalue weighted by molar-refractivity contribution is 9.10. The Morgan fingerprint density at radius 3 is 2.24 bits per heavy atom. The van der Waals surface area contributed by atoms with E-state index in [2.05, 4.69) is 21.1 Å². The lowest BCUT2D eigenvalue weighted by Gasteiger charge is -2.07. The van der Waals surface area contributed by atoms with Crippen molar-refractivity contribution < 1.29 is 14.0 Å². The van der Waals surface area contributed by atoms with Crippen molar-refractivity contribution in [3.05, 3.63) is 105 Å². The van der Waals surface area contributed by atoms with E-state index in [0.29, 0.717) is 16.7 Å². The predicted molar refractivity (Wildman–Crippen MR) is 115 cm³/mol. The molecular weight excluding hydrogens is 457 g/mol. The smallest absolute Gasteiger partial charge is 0.313 e. The van der Waals surface area contributed by atoms with Gasteiger partial charge in [-0.1, -0.05) is 57.0 Å². The summed E-state index contributed by atoms with van der Waals surface area (Å²) in [5.74, 6) is -0.606. The number of rotatable bonds is 5. The number of hydrogen-bond donors (Lipinski definition) is 0. The standard InChI is InChI=1S/C23H16BrClFNO2/c24-17-7-1-15(2-8-17)22(21-13-20(21)14-3-9-18(25)10-4-14)27-29-23(28)16-5-11-19(26)12-6-16/h1-12,20-21H,13H2/b27-22-. The molecule has 1 aliphatic carbocycles. The van der Waals surface area contributed by atoms with E-state index in [1.807, 2.05) is 48.5 Å². The number of carbonyl (C=O) groups is 1. The van der Waals surface area contributed by atoms with Gasteiger partial charge in [-0.05, 0) is 72.0 Å². The average Bonchev–Trinajstić information content (AvgIpc) is 3.51. The molecule has 3 nitrogen and oxygen atoms in total. The molecule has 0 saturated heterocycles. The van der Waals surface area contributed by atoms with Crippen LogP contribution in [0.5, 0.6) is 0 Å². The highest BCUT2D eigenvalue weighted by atomic mass is 79.9. The van der Waals surface area contributed by atoms with Crippen LogP contribution in [0.3, 0.4) is 0 Å². The van der Waals surface area contributed by atoms with E-state index in [9.17, 15) is 9.18 Å². The second-order valence-corrected chi connectivity index (χ2v) is 8.22. The first-order valence-electron chi connectivity index (χ1n) is 9.07. The van der Waals surface area contributed by atoms with Crippen molar-refractivity contribution in [1.29, 1.82) is 0 Å². The quantitative estimate of drug-likeness (QED) is 0.238. The zero-order chi connectivity index (χ0) is 20.4. The molecule has 0 spiro atoms. The summed E-state index contributed by atoms with van der Waals surface area (Å²) in [5.41, 5.74) is 3.03. The molecule has 29 heavy (non-hydrogen) atoms. The monoisotopic (exact) mass is 471 g/mol. The van der Waals surface area contributed by atoms with Gasteiger partial charge in [-0.25, -0.2) is 9.18 Å². The molecule has 0 aromatic heterocycles. The number of carbonyl (C=O) groups excluding carboxylic acids is 1. The lowest BCUT2D eigenvalue weighted by atomic mass is 10.0. The Morgan fingerprint density at radius 1 is 0.966 bits per heavy atom. The van der Waals surface area contributed by atoms with Crippen molar-refractivity contribution in [2.45, 2.75) is 12.3 Å². The molecule has 146 valence electrons. The van der Waals surface area contributed by atoms with E-state index in [1.54, 1.807) is 0 Å². The van der Waals surface area contributed by atoms with E-state index < -0.39 is 11.8 Å². The first-order valence-corrected chi connectivity index (χ1v) is 10.2. The van der Waals surface area contributed by atoms with Gasteiger partial charge in [-0.3, -0.25) is 0 Å². The van der Waals surface area contributed by atoms with Gasteiger partial charge in [0.25, 0.3) is 0 Å². The van der Waals surface area contributed by atoms with Gasteiger partial charge in [0.15, 0.2) is 0 Å². The Bertz CT molecular complexity index is 1050. The van der Waals surface area contributed by atoms with E-state index in [1.165, 1.54) is 29.8 Å². The molecule has 0 bridgehead atoms. The van der Waals surface area contributed by atoms with Crippen LogP contribution in [0.1, 0.15) is 33.8 Å². The van der Waals surface area contributed by atoms with Crippen molar-refractivity contribution >= 4 is 39.2 Å². The van der Waals surface area contributed by atoms with Crippen LogP contribution in [0.4, 0.5) is 4.39 Å². The maximum Gasteiger partial charge on any atom is 0.365 e. The number of halogens is 3. The van der Waals surface area contributed by atoms with Crippen molar-refractivity contribution in [2.24, 2.45) is 11.1 Å². The van der Waals surface area contributed by atoms with Crippen molar-refractivity contribution in [1.82, 2.24) is 0 Å². The Morgan fingerprint density at radius 2 is 1.59 bits per heavy atom. The fourth-order valence-electron chi connectivity index (χ4n) is 3.26. The van der Waals surface area contributed by atoms with Crippen molar-refractivity contribution in [3.8, 4) is 0 Å². The molecule has 1 fully saturated rings. The van der Waals surface area contributed by atoms with Gasteiger partial charge < -0.3 is 4.84 Å². The zero-order valence-corrected chi connectivity index (χ0v) is 17.5. The van der Waals surface area contributed by atoms with Crippen LogP contribution >= 0.6 is 27.5 Å². The molecule has 0 N–H and O–H groups in total. The molecule has 0 amide bonds. The van der Waals surface area contributed by atoms with Crippen LogP contribution in [0.25, 0.3) is 0 Å². The largest absolute Gasteiger partial charge is 0.365 e. The number of nitrogens with zero attached hydrogens (tertiary/aromatic N) is 1. The molecule has 2 unspecified atom stereocenters. The average molecular weight is 473 g/mol. The maximum absolute atomic E-state index is 13.1. The van der Waals surface area contributed by atoms with Crippen LogP contribution in [0, 0.1) is 11.7 Å². The molecule has 0 radical (unpaired) electrons. The summed E-state index contributed by atoms with van der Waals surface area (Å²) in [6.45, 7) is 0. The summed E-state index contributed by atoms with van der Waals surface area (Å²) >= 11 is 9.42. The third-order valence-corrected chi connectivity index (χ3v) is 5.67. The second kappa shape index (κ2) is 8.47. The highest BCUT2D eigenvalue weighted by Crippen LogP contribution is 2.49. The van der Waals surface area contributed by atoms with Gasteiger partial charge in [-0.15, -0.1) is 0 Å². The van der Waals surface area contributed by atoms with Crippen LogP contribution in [0.2, 0.25) is 5.02 Å². The number of benzene rings is 3. The van der Waals surface area contributed by atoms with Gasteiger partial charge >= 0.3 is 5.97 Å². The molecule has 3 aromatic rings. The van der Waals surface area contributed by atoms with Gasteiger partial charge in [0.2, 0.25) is 0 Å². The summed E-state index contributed by atoms with van der Waals surface area (Å²) < 4.78 is 14.0. The lowest BCUT2D eigenvalue weighted by Crippen LogP contribution is -2.09. The molecule has 0 heterocycles.